The lowest BCUT2D eigenvalue weighted by atomic mass is 10.1. The SMILES string of the molecule is O=C(N[C@H]1C[C@H](C(=O)NCCn2cccn2)C[C@@H]1O)c1ccc2ncccc2c1. The third-order valence-electron chi connectivity index (χ3n) is 5.28. The molecule has 3 aromatic rings. The number of carbonyl (C=O) groups is 2. The molecule has 4 rings (SSSR count). The zero-order valence-electron chi connectivity index (χ0n) is 15.9. The van der Waals surface area contributed by atoms with Crippen molar-refractivity contribution < 1.29 is 14.7 Å². The summed E-state index contributed by atoms with van der Waals surface area (Å²) >= 11 is 0. The van der Waals surface area contributed by atoms with Gasteiger partial charge in [0.25, 0.3) is 5.91 Å². The van der Waals surface area contributed by atoms with Crippen LogP contribution in [0.5, 0.6) is 0 Å². The second-order valence-electron chi connectivity index (χ2n) is 7.29. The van der Waals surface area contributed by atoms with Crippen LogP contribution in [0.15, 0.2) is 55.0 Å². The molecule has 1 saturated carbocycles. The van der Waals surface area contributed by atoms with Gasteiger partial charge in [0.1, 0.15) is 0 Å². The van der Waals surface area contributed by atoms with Crippen molar-refractivity contribution in [1.82, 2.24) is 25.4 Å². The largest absolute Gasteiger partial charge is 0.391 e. The zero-order chi connectivity index (χ0) is 20.2. The Kier molecular flexibility index (Phi) is 5.53. The van der Waals surface area contributed by atoms with Crippen molar-refractivity contribution in [2.75, 3.05) is 6.54 Å². The summed E-state index contributed by atoms with van der Waals surface area (Å²) in [5, 5.41) is 21.0. The number of hydrogen-bond donors (Lipinski definition) is 3. The molecule has 3 N–H and O–H groups in total. The summed E-state index contributed by atoms with van der Waals surface area (Å²) in [6.07, 6.45) is 5.23. The molecule has 2 heterocycles. The van der Waals surface area contributed by atoms with E-state index in [0.29, 0.717) is 31.5 Å². The van der Waals surface area contributed by atoms with Crippen LogP contribution in [0.25, 0.3) is 10.9 Å². The van der Waals surface area contributed by atoms with Gasteiger partial charge in [-0.1, -0.05) is 6.07 Å². The first-order chi connectivity index (χ1) is 14.1. The Morgan fingerprint density at radius 2 is 2.07 bits per heavy atom. The topological polar surface area (TPSA) is 109 Å². The average Bonchev–Trinajstić information content (AvgIpc) is 3.37. The number of carbonyl (C=O) groups excluding carboxylic acids is 2. The molecule has 0 saturated heterocycles. The van der Waals surface area contributed by atoms with Crippen molar-refractivity contribution in [3.05, 3.63) is 60.6 Å². The van der Waals surface area contributed by atoms with Crippen molar-refractivity contribution in [3.63, 3.8) is 0 Å². The van der Waals surface area contributed by atoms with Crippen LogP contribution in [0.3, 0.4) is 0 Å². The van der Waals surface area contributed by atoms with Crippen LogP contribution in [0, 0.1) is 5.92 Å². The van der Waals surface area contributed by atoms with Gasteiger partial charge in [-0.3, -0.25) is 19.3 Å². The average molecular weight is 393 g/mol. The molecular weight excluding hydrogens is 370 g/mol. The van der Waals surface area contributed by atoms with E-state index in [1.165, 1.54) is 0 Å². The summed E-state index contributed by atoms with van der Waals surface area (Å²) in [5.74, 6) is -0.696. The standard InChI is InChI=1S/C21H23N5O3/c27-19-13-16(20(28)23-8-10-26-9-2-7-24-26)12-18(19)25-21(29)15-4-5-17-14(11-15)3-1-6-22-17/h1-7,9,11,16,18-19,27H,8,10,12-13H2,(H,23,28)(H,25,29)/t16-,18-,19-/m0/s1. The van der Waals surface area contributed by atoms with Crippen LogP contribution < -0.4 is 10.6 Å². The van der Waals surface area contributed by atoms with Crippen molar-refractivity contribution in [2.24, 2.45) is 5.92 Å². The molecule has 0 radical (unpaired) electrons. The number of aromatic nitrogens is 3. The predicted molar refractivity (Wildman–Crippen MR) is 107 cm³/mol. The molecule has 1 aliphatic rings. The molecule has 1 fully saturated rings. The Hall–Kier alpha value is -3.26. The molecule has 2 amide bonds. The molecule has 0 spiro atoms. The van der Waals surface area contributed by atoms with Gasteiger partial charge in [0.2, 0.25) is 5.91 Å². The molecule has 0 aliphatic heterocycles. The first kappa shape index (κ1) is 19.1. The van der Waals surface area contributed by atoms with Crippen molar-refractivity contribution in [1.29, 1.82) is 0 Å². The fourth-order valence-electron chi connectivity index (χ4n) is 3.72. The highest BCUT2D eigenvalue weighted by molar-refractivity contribution is 5.98. The highest BCUT2D eigenvalue weighted by Gasteiger charge is 2.37. The van der Waals surface area contributed by atoms with Crippen LogP contribution in [-0.2, 0) is 11.3 Å². The van der Waals surface area contributed by atoms with Crippen molar-refractivity contribution >= 4 is 22.7 Å². The highest BCUT2D eigenvalue weighted by atomic mass is 16.3. The summed E-state index contributed by atoms with van der Waals surface area (Å²) < 4.78 is 1.74. The normalized spacial score (nSPS) is 21.2. The molecule has 8 heteroatoms. The number of aliphatic hydroxyl groups excluding tert-OH is 1. The molecule has 2 aromatic heterocycles. The number of amides is 2. The van der Waals surface area contributed by atoms with Crippen LogP contribution in [0.4, 0.5) is 0 Å². The monoisotopic (exact) mass is 393 g/mol. The molecule has 1 aromatic carbocycles. The van der Waals surface area contributed by atoms with Gasteiger partial charge < -0.3 is 15.7 Å². The molecule has 8 nitrogen and oxygen atoms in total. The lowest BCUT2D eigenvalue weighted by Crippen LogP contribution is -2.40. The summed E-state index contributed by atoms with van der Waals surface area (Å²) in [5.41, 5.74) is 1.32. The molecule has 29 heavy (non-hydrogen) atoms. The Morgan fingerprint density at radius 3 is 2.90 bits per heavy atom. The summed E-state index contributed by atoms with van der Waals surface area (Å²) in [6, 6.07) is 10.4. The first-order valence-corrected chi connectivity index (χ1v) is 9.69. The number of rotatable bonds is 6. The molecular formula is C21H23N5O3. The van der Waals surface area contributed by atoms with Crippen LogP contribution >= 0.6 is 0 Å². The number of nitrogens with zero attached hydrogens (tertiary/aromatic N) is 3. The maximum Gasteiger partial charge on any atom is 0.251 e. The van der Waals surface area contributed by atoms with Gasteiger partial charge in [-0.15, -0.1) is 0 Å². The minimum Gasteiger partial charge on any atom is -0.391 e. The Balaban J connectivity index is 1.31. The summed E-state index contributed by atoms with van der Waals surface area (Å²) in [7, 11) is 0. The van der Waals surface area contributed by atoms with Gasteiger partial charge in [-0.2, -0.15) is 5.10 Å². The van der Waals surface area contributed by atoms with Crippen molar-refractivity contribution in [3.8, 4) is 0 Å². The molecule has 150 valence electrons. The fourth-order valence-corrected chi connectivity index (χ4v) is 3.72. The van der Waals surface area contributed by atoms with Gasteiger partial charge in [0.15, 0.2) is 0 Å². The third-order valence-corrected chi connectivity index (χ3v) is 5.28. The number of fused-ring (bicyclic) bond motifs is 1. The Morgan fingerprint density at radius 1 is 1.17 bits per heavy atom. The van der Waals surface area contributed by atoms with E-state index in [9.17, 15) is 14.7 Å². The molecule has 0 unspecified atom stereocenters. The minimum atomic E-state index is -0.747. The second kappa shape index (κ2) is 8.40. The molecule has 3 atom stereocenters. The molecule has 0 bridgehead atoms. The predicted octanol–water partition coefficient (Wildman–Crippen LogP) is 1.12. The maximum atomic E-state index is 12.6. The van der Waals surface area contributed by atoms with Crippen molar-refractivity contribution in [2.45, 2.75) is 31.5 Å². The van der Waals surface area contributed by atoms with E-state index in [1.54, 1.807) is 35.3 Å². The van der Waals surface area contributed by atoms with E-state index in [-0.39, 0.29) is 17.7 Å². The van der Waals surface area contributed by atoms with E-state index >= 15 is 0 Å². The van der Waals surface area contributed by atoms with Gasteiger partial charge in [-0.05, 0) is 43.2 Å². The number of hydrogen-bond acceptors (Lipinski definition) is 5. The maximum absolute atomic E-state index is 12.6. The lowest BCUT2D eigenvalue weighted by molar-refractivity contribution is -0.125. The number of nitrogens with one attached hydrogen (secondary N) is 2. The minimum absolute atomic E-state index is 0.107. The Bertz CT molecular complexity index is 1000. The quantitative estimate of drug-likeness (QED) is 0.581. The zero-order valence-corrected chi connectivity index (χ0v) is 15.9. The van der Waals surface area contributed by atoms with Crippen LogP contribution in [0.1, 0.15) is 23.2 Å². The lowest BCUT2D eigenvalue weighted by Gasteiger charge is -2.16. The number of pyridine rings is 1. The van der Waals surface area contributed by atoms with E-state index in [4.69, 9.17) is 0 Å². The van der Waals surface area contributed by atoms with E-state index < -0.39 is 12.1 Å². The van der Waals surface area contributed by atoms with Gasteiger partial charge in [0, 0.05) is 42.0 Å². The van der Waals surface area contributed by atoms with Gasteiger partial charge in [-0.25, -0.2) is 0 Å². The number of benzene rings is 1. The van der Waals surface area contributed by atoms with Crippen LogP contribution in [0.2, 0.25) is 0 Å². The highest BCUT2D eigenvalue weighted by Crippen LogP contribution is 2.27. The van der Waals surface area contributed by atoms with Gasteiger partial charge in [0.05, 0.1) is 24.2 Å². The van der Waals surface area contributed by atoms with E-state index in [2.05, 4.69) is 20.7 Å². The second-order valence-corrected chi connectivity index (χ2v) is 7.29. The fraction of sp³-hybridized carbons (Fsp3) is 0.333. The van der Waals surface area contributed by atoms with E-state index in [0.717, 1.165) is 10.9 Å². The van der Waals surface area contributed by atoms with Crippen LogP contribution in [-0.4, -0.2) is 50.4 Å². The first-order valence-electron chi connectivity index (χ1n) is 9.69. The summed E-state index contributed by atoms with van der Waals surface area (Å²) in [4.78, 5) is 29.3. The molecule has 1 aliphatic carbocycles. The smallest absolute Gasteiger partial charge is 0.251 e. The summed E-state index contributed by atoms with van der Waals surface area (Å²) in [6.45, 7) is 1.06. The Labute approximate surface area is 167 Å². The van der Waals surface area contributed by atoms with E-state index in [1.807, 2.05) is 24.4 Å². The number of aliphatic hydroxyl groups is 1. The third kappa shape index (κ3) is 4.43. The van der Waals surface area contributed by atoms with Gasteiger partial charge >= 0.3 is 0 Å².